The van der Waals surface area contributed by atoms with Crippen LogP contribution in [0.2, 0.25) is 0 Å². The molecule has 6 heterocycles. The van der Waals surface area contributed by atoms with E-state index in [0.717, 1.165) is 100 Å². The van der Waals surface area contributed by atoms with Crippen LogP contribution in [0.5, 0.6) is 11.5 Å². The summed E-state index contributed by atoms with van der Waals surface area (Å²) < 4.78 is 5.12. The summed E-state index contributed by atoms with van der Waals surface area (Å²) in [5, 5.41) is 24.3. The van der Waals surface area contributed by atoms with Crippen molar-refractivity contribution in [2.24, 2.45) is 0 Å². The molecule has 0 radical (unpaired) electrons. The molecule has 0 unspecified atom stereocenters. The Balaban J connectivity index is 0.983. The van der Waals surface area contributed by atoms with Crippen LogP contribution in [-0.2, 0) is 32.5 Å². The monoisotopic (exact) mass is 885 g/mol. The minimum absolute atomic E-state index is 0.0414. The largest absolute Gasteiger partial charge is 0.507 e. The molecule has 0 spiro atoms. The Hall–Kier alpha value is -5.10. The molecule has 0 atom stereocenters. The molecule has 0 amide bonds. The van der Waals surface area contributed by atoms with Crippen LogP contribution in [-0.4, -0.2) is 70.1 Å². The predicted molar refractivity (Wildman–Crippen MR) is 277 cm³/mol. The second kappa shape index (κ2) is 15.2. The Morgan fingerprint density at radius 3 is 1.20 bits per heavy atom. The first-order chi connectivity index (χ1) is 31.1. The van der Waals surface area contributed by atoms with E-state index in [1.165, 1.54) is 56.4 Å². The van der Waals surface area contributed by atoms with E-state index in [0.29, 0.717) is 11.5 Å². The highest BCUT2D eigenvalue weighted by molar-refractivity contribution is 6.06. The molecule has 346 valence electrons. The van der Waals surface area contributed by atoms with Gasteiger partial charge < -0.3 is 20.0 Å². The van der Waals surface area contributed by atoms with E-state index < -0.39 is 0 Å². The number of hydrogen-bond donors (Lipinski definition) is 2. The maximum atomic E-state index is 12.2. The summed E-state index contributed by atoms with van der Waals surface area (Å²) in [6, 6.07) is 22.5. The molecule has 0 saturated heterocycles. The fourth-order valence-electron chi connectivity index (χ4n) is 13.1. The van der Waals surface area contributed by atoms with Gasteiger partial charge in [-0.1, -0.05) is 91.8 Å². The van der Waals surface area contributed by atoms with E-state index in [1.54, 1.807) is 0 Å². The number of rotatable bonds is 9. The van der Waals surface area contributed by atoms with Gasteiger partial charge in [0.15, 0.2) is 11.4 Å². The number of benzene rings is 4. The third-order valence-electron chi connectivity index (χ3n) is 17.5. The van der Waals surface area contributed by atoms with Crippen molar-refractivity contribution < 1.29 is 19.4 Å². The molecular formula is C60H76N4O2+2. The highest BCUT2D eigenvalue weighted by Crippen LogP contribution is 2.55. The first kappa shape index (κ1) is 44.7. The molecular weight excluding hydrogens is 809 g/mol. The molecule has 6 nitrogen and oxygen atoms in total. The first-order valence-corrected chi connectivity index (χ1v) is 25.2. The van der Waals surface area contributed by atoms with Crippen molar-refractivity contribution in [3.8, 4) is 11.5 Å². The number of phenols is 2. The number of hydrogen-bond acceptors (Lipinski definition) is 4. The lowest BCUT2D eigenvalue weighted by Crippen LogP contribution is -2.44. The minimum Gasteiger partial charge on any atom is -0.507 e. The maximum absolute atomic E-state index is 12.2. The molecule has 4 aromatic carbocycles. The molecule has 0 bridgehead atoms. The minimum atomic E-state index is -0.201. The topological polar surface area (TPSA) is 53.0 Å². The van der Waals surface area contributed by atoms with Crippen molar-refractivity contribution in [1.82, 2.24) is 0 Å². The van der Waals surface area contributed by atoms with Crippen LogP contribution in [0.1, 0.15) is 166 Å². The molecule has 0 aromatic heterocycles. The number of allylic oxidation sites excluding steroid dienone is 2. The number of para-hydroxylation sites is 2. The van der Waals surface area contributed by atoms with Crippen molar-refractivity contribution in [3.05, 3.63) is 117 Å². The van der Waals surface area contributed by atoms with Crippen LogP contribution in [0.15, 0.2) is 72.8 Å². The van der Waals surface area contributed by atoms with E-state index in [4.69, 9.17) is 0 Å². The summed E-state index contributed by atoms with van der Waals surface area (Å²) in [4.78, 5) is 5.06. The first-order valence-electron chi connectivity index (χ1n) is 25.2. The van der Waals surface area contributed by atoms with Gasteiger partial charge in [-0.25, -0.2) is 0 Å². The second-order valence-corrected chi connectivity index (χ2v) is 24.4. The lowest BCUT2D eigenvalue weighted by molar-refractivity contribution is -0.451. The van der Waals surface area contributed by atoms with Gasteiger partial charge in [0.1, 0.15) is 24.6 Å². The van der Waals surface area contributed by atoms with Crippen LogP contribution >= 0.6 is 0 Å². The summed E-state index contributed by atoms with van der Waals surface area (Å²) >= 11 is 0. The van der Waals surface area contributed by atoms with Crippen molar-refractivity contribution in [2.45, 2.75) is 154 Å². The van der Waals surface area contributed by atoms with Crippen molar-refractivity contribution in [2.75, 3.05) is 49.1 Å². The standard InChI is InChI=1S/C60H74N4O2/c1-55(2)27-33-61-35-29-57(5,6)49-51(61)43(55)37-39(53(49)65)23-25-47-59(9,10)41-19-13-15-21-45(41)63(47)31-17-18-32-64-46-22-16-14-20-42(46)60(11,12)48(64)26-24-40-38-44-52-50(54(40)66)58(7,8)30-36-62(52)34-28-56(44,3)4/h13-16,19-26,37-38H,17-18,27-36H2,1-12H3/p+2. The fraction of sp³-hybridized carbons (Fsp3) is 0.500. The number of nitrogens with zero attached hydrogens (tertiary/aromatic N) is 4. The van der Waals surface area contributed by atoms with E-state index in [2.05, 4.69) is 187 Å². The normalized spacial score (nSPS) is 22.2. The van der Waals surface area contributed by atoms with Crippen LogP contribution in [0.3, 0.4) is 0 Å². The van der Waals surface area contributed by atoms with Gasteiger partial charge >= 0.3 is 0 Å². The summed E-state index contributed by atoms with van der Waals surface area (Å²) in [6.07, 6.45) is 15.4. The smallest absolute Gasteiger partial charge is 0.209 e. The number of unbranched alkanes of at least 4 members (excludes halogenated alkanes) is 1. The van der Waals surface area contributed by atoms with Gasteiger partial charge in [0.05, 0.1) is 10.8 Å². The summed E-state index contributed by atoms with van der Waals surface area (Å²) in [6.45, 7) is 34.2. The zero-order chi connectivity index (χ0) is 46.9. The predicted octanol–water partition coefficient (Wildman–Crippen LogP) is 13.1. The zero-order valence-corrected chi connectivity index (χ0v) is 42.3. The Morgan fingerprint density at radius 2 is 0.818 bits per heavy atom. The summed E-state index contributed by atoms with van der Waals surface area (Å²) in [7, 11) is 0. The Morgan fingerprint density at radius 1 is 0.470 bits per heavy atom. The van der Waals surface area contributed by atoms with Gasteiger partial charge in [-0.3, -0.25) is 0 Å². The van der Waals surface area contributed by atoms with Crippen LogP contribution in [0.4, 0.5) is 22.7 Å². The molecule has 6 aliphatic heterocycles. The third kappa shape index (κ3) is 6.84. The van der Waals surface area contributed by atoms with Gasteiger partial charge in [0, 0.05) is 108 Å². The fourth-order valence-corrected chi connectivity index (χ4v) is 13.1. The average Bonchev–Trinajstić information content (AvgIpc) is 3.60. The lowest BCUT2D eigenvalue weighted by Gasteiger charge is -2.48. The second-order valence-electron chi connectivity index (χ2n) is 24.4. The molecule has 0 fully saturated rings. The maximum Gasteiger partial charge on any atom is 0.209 e. The molecule has 0 saturated carbocycles. The average molecular weight is 885 g/mol. The van der Waals surface area contributed by atoms with Crippen molar-refractivity contribution >= 4 is 46.3 Å². The van der Waals surface area contributed by atoms with Crippen molar-refractivity contribution in [3.63, 3.8) is 0 Å². The molecule has 66 heavy (non-hydrogen) atoms. The Kier molecular flexibility index (Phi) is 10.3. The number of fused-ring (bicyclic) bond motifs is 2. The highest BCUT2D eigenvalue weighted by Gasteiger charge is 2.48. The van der Waals surface area contributed by atoms with Crippen LogP contribution in [0, 0.1) is 0 Å². The lowest BCUT2D eigenvalue weighted by atomic mass is 9.68. The molecule has 4 aromatic rings. The van der Waals surface area contributed by atoms with Crippen molar-refractivity contribution in [1.29, 1.82) is 0 Å². The SMILES string of the molecule is CC1(C)CCN2CCC(C)(C)c3c(O)c(/C=C/C4=[N+](CCCC[N+]5=C(/C=C/c6cc7c8c(c6O)C(C)(C)CCN8CCC7(C)C)C(C)(C)c6ccccc65)c5ccccc5C4(C)C)cc1c32. The molecule has 0 aliphatic carbocycles. The molecule has 6 heteroatoms. The zero-order valence-electron chi connectivity index (χ0n) is 42.3. The summed E-state index contributed by atoms with van der Waals surface area (Å²) in [5.41, 5.74) is 16.7. The number of aromatic hydroxyl groups is 2. The highest BCUT2D eigenvalue weighted by atomic mass is 16.3. The van der Waals surface area contributed by atoms with E-state index >= 15 is 0 Å². The van der Waals surface area contributed by atoms with E-state index in [1.807, 2.05) is 0 Å². The van der Waals surface area contributed by atoms with Crippen LogP contribution < -0.4 is 9.80 Å². The van der Waals surface area contributed by atoms with Gasteiger partial charge in [0.25, 0.3) is 0 Å². The van der Waals surface area contributed by atoms with Gasteiger partial charge in [-0.05, 0) is 110 Å². The third-order valence-corrected chi connectivity index (χ3v) is 17.5. The number of anilines is 2. The molecule has 10 rings (SSSR count). The van der Waals surface area contributed by atoms with E-state index in [-0.39, 0.29) is 32.5 Å². The van der Waals surface area contributed by atoms with E-state index in [9.17, 15) is 10.2 Å². The number of phenolic OH excluding ortho intramolecular Hbond substituents is 2. The van der Waals surface area contributed by atoms with Gasteiger partial charge in [0.2, 0.25) is 11.4 Å². The van der Waals surface area contributed by atoms with Gasteiger partial charge in [-0.2, -0.15) is 9.15 Å². The Bertz CT molecular complexity index is 2610. The Labute approximate surface area is 396 Å². The molecule has 2 N–H and O–H groups in total. The summed E-state index contributed by atoms with van der Waals surface area (Å²) in [5.74, 6) is 0.895. The quantitative estimate of drug-likeness (QED) is 0.130. The van der Waals surface area contributed by atoms with Gasteiger partial charge in [-0.15, -0.1) is 0 Å². The molecule has 6 aliphatic rings. The van der Waals surface area contributed by atoms with Crippen LogP contribution in [0.25, 0.3) is 12.2 Å².